The lowest BCUT2D eigenvalue weighted by Gasteiger charge is -2.23. The normalized spacial score (nSPS) is 14.1. The molecule has 7 nitrogen and oxygen atoms in total. The first-order valence-corrected chi connectivity index (χ1v) is 11.0. The fourth-order valence-electron chi connectivity index (χ4n) is 2.33. The van der Waals surface area contributed by atoms with Crippen LogP contribution in [0.25, 0.3) is 0 Å². The van der Waals surface area contributed by atoms with Crippen LogP contribution in [0.1, 0.15) is 24.3 Å². The van der Waals surface area contributed by atoms with Gasteiger partial charge in [0.05, 0.1) is 18.0 Å². The zero-order chi connectivity index (χ0) is 19.9. The first kappa shape index (κ1) is 24.8. The summed E-state index contributed by atoms with van der Waals surface area (Å²) in [6, 6.07) is 10.4. The van der Waals surface area contributed by atoms with Crippen LogP contribution in [0.4, 0.5) is 0 Å². The van der Waals surface area contributed by atoms with Gasteiger partial charge in [-0.3, -0.25) is 0 Å². The summed E-state index contributed by atoms with van der Waals surface area (Å²) in [6.45, 7) is 5.11. The van der Waals surface area contributed by atoms with E-state index in [9.17, 15) is 13.5 Å². The summed E-state index contributed by atoms with van der Waals surface area (Å²) in [5.41, 5.74) is -0.111. The number of guanidine groups is 1. The topological polar surface area (TPSA) is 103 Å². The molecule has 2 aromatic rings. The van der Waals surface area contributed by atoms with Crippen LogP contribution in [0.3, 0.4) is 0 Å². The maximum absolute atomic E-state index is 11.8. The summed E-state index contributed by atoms with van der Waals surface area (Å²) >= 11 is 1.51. The molecular weight excluding hydrogens is 511 g/mol. The standard InChI is InChI=1S/C18H26N4O3S2.HI/c1-4-20-17(22-13-18(2,23)16-6-5-11-26-16)21-12-14-7-9-15(10-8-14)27(24,25)19-3;/h5-11,19,23H,4,12-13H2,1-3H3,(H2,20,21,22);1H. The lowest BCUT2D eigenvalue weighted by molar-refractivity contribution is 0.0655. The highest BCUT2D eigenvalue weighted by Gasteiger charge is 2.24. The van der Waals surface area contributed by atoms with Crippen molar-refractivity contribution in [3.63, 3.8) is 0 Å². The van der Waals surface area contributed by atoms with Gasteiger partial charge in [-0.25, -0.2) is 18.1 Å². The molecule has 2 rings (SSSR count). The van der Waals surface area contributed by atoms with Crippen LogP contribution >= 0.6 is 35.3 Å². The molecule has 0 radical (unpaired) electrons. The number of aliphatic imine (C=N–C) groups is 1. The molecule has 10 heteroatoms. The largest absolute Gasteiger partial charge is 0.383 e. The number of aliphatic hydroxyl groups is 1. The van der Waals surface area contributed by atoms with Crippen molar-refractivity contribution in [2.24, 2.45) is 4.99 Å². The summed E-state index contributed by atoms with van der Waals surface area (Å²) in [7, 11) is -2.06. The molecule has 0 saturated heterocycles. The third kappa shape index (κ3) is 6.99. The monoisotopic (exact) mass is 538 g/mol. The van der Waals surface area contributed by atoms with Crippen molar-refractivity contribution in [3.8, 4) is 0 Å². The van der Waals surface area contributed by atoms with Crippen molar-refractivity contribution in [2.45, 2.75) is 30.9 Å². The van der Waals surface area contributed by atoms with E-state index in [1.165, 1.54) is 18.4 Å². The second kappa shape index (κ2) is 11.1. The fourth-order valence-corrected chi connectivity index (χ4v) is 3.85. The quantitative estimate of drug-likeness (QED) is 0.235. The Morgan fingerprint density at radius 2 is 1.89 bits per heavy atom. The minimum atomic E-state index is -3.44. The lowest BCUT2D eigenvalue weighted by atomic mass is 10.1. The van der Waals surface area contributed by atoms with E-state index in [0.29, 0.717) is 25.6 Å². The molecule has 1 unspecified atom stereocenters. The number of nitrogens with zero attached hydrogens (tertiary/aromatic N) is 1. The van der Waals surface area contributed by atoms with Crippen molar-refractivity contribution >= 4 is 51.3 Å². The summed E-state index contributed by atoms with van der Waals surface area (Å²) in [4.78, 5) is 5.60. The molecule has 0 fully saturated rings. The van der Waals surface area contributed by atoms with Gasteiger partial charge in [0.15, 0.2) is 5.96 Å². The maximum atomic E-state index is 11.8. The third-order valence-electron chi connectivity index (χ3n) is 3.92. The van der Waals surface area contributed by atoms with E-state index >= 15 is 0 Å². The second-order valence-corrected chi connectivity index (χ2v) is 8.99. The molecule has 0 aliphatic carbocycles. The van der Waals surface area contributed by atoms with Crippen LogP contribution in [-0.4, -0.2) is 39.6 Å². The Morgan fingerprint density at radius 1 is 1.21 bits per heavy atom. The number of halogens is 1. The molecule has 0 aliphatic rings. The van der Waals surface area contributed by atoms with Gasteiger partial charge in [0.25, 0.3) is 0 Å². The predicted octanol–water partition coefficient (Wildman–Crippen LogP) is 2.24. The van der Waals surface area contributed by atoms with Gasteiger partial charge in [0.2, 0.25) is 10.0 Å². The van der Waals surface area contributed by atoms with E-state index in [1.807, 2.05) is 24.4 Å². The minimum absolute atomic E-state index is 0. The smallest absolute Gasteiger partial charge is 0.240 e. The molecule has 1 atom stereocenters. The van der Waals surface area contributed by atoms with Gasteiger partial charge in [0, 0.05) is 11.4 Å². The van der Waals surface area contributed by atoms with Gasteiger partial charge in [-0.1, -0.05) is 18.2 Å². The molecule has 0 saturated carbocycles. The zero-order valence-electron chi connectivity index (χ0n) is 16.1. The van der Waals surface area contributed by atoms with Gasteiger partial charge >= 0.3 is 0 Å². The average Bonchev–Trinajstić information content (AvgIpc) is 3.20. The summed E-state index contributed by atoms with van der Waals surface area (Å²) in [6.07, 6.45) is 0. The second-order valence-electron chi connectivity index (χ2n) is 6.15. The van der Waals surface area contributed by atoms with Crippen molar-refractivity contribution in [2.75, 3.05) is 20.1 Å². The molecule has 156 valence electrons. The van der Waals surface area contributed by atoms with E-state index in [0.717, 1.165) is 10.4 Å². The molecule has 28 heavy (non-hydrogen) atoms. The molecule has 1 heterocycles. The maximum Gasteiger partial charge on any atom is 0.240 e. The van der Waals surface area contributed by atoms with E-state index < -0.39 is 15.6 Å². The molecule has 1 aromatic heterocycles. The number of thiophene rings is 1. The molecule has 0 spiro atoms. The number of hydrogen-bond donors (Lipinski definition) is 4. The molecule has 1 aromatic carbocycles. The van der Waals surface area contributed by atoms with Crippen LogP contribution < -0.4 is 15.4 Å². The SMILES string of the molecule is CCNC(=NCc1ccc(S(=O)(=O)NC)cc1)NCC(C)(O)c1cccs1.I. The average molecular weight is 538 g/mol. The Bertz CT molecular complexity index is 851. The highest BCUT2D eigenvalue weighted by atomic mass is 127. The Hall–Kier alpha value is -1.21. The van der Waals surface area contributed by atoms with Crippen molar-refractivity contribution in [3.05, 3.63) is 52.2 Å². The van der Waals surface area contributed by atoms with Crippen LogP contribution in [0.2, 0.25) is 0 Å². The fraction of sp³-hybridized carbons (Fsp3) is 0.389. The molecule has 0 aliphatic heterocycles. The van der Waals surface area contributed by atoms with Gasteiger partial charge in [-0.2, -0.15) is 0 Å². The van der Waals surface area contributed by atoms with E-state index in [-0.39, 0.29) is 28.9 Å². The first-order chi connectivity index (χ1) is 12.8. The van der Waals surface area contributed by atoms with Gasteiger partial charge in [0.1, 0.15) is 5.60 Å². The Labute approximate surface area is 187 Å². The third-order valence-corrected chi connectivity index (χ3v) is 6.47. The molecular formula is C18H27IN4O3S2. The van der Waals surface area contributed by atoms with E-state index in [4.69, 9.17) is 0 Å². The number of nitrogens with one attached hydrogen (secondary N) is 3. The summed E-state index contributed by atoms with van der Waals surface area (Å²) in [5, 5.41) is 18.8. The van der Waals surface area contributed by atoms with Crippen LogP contribution in [0.5, 0.6) is 0 Å². The number of hydrogen-bond acceptors (Lipinski definition) is 5. The van der Waals surface area contributed by atoms with E-state index in [2.05, 4.69) is 20.3 Å². The van der Waals surface area contributed by atoms with Crippen LogP contribution in [0.15, 0.2) is 51.7 Å². The molecule has 0 amide bonds. The highest BCUT2D eigenvalue weighted by molar-refractivity contribution is 14.0. The van der Waals surface area contributed by atoms with E-state index in [1.54, 1.807) is 31.2 Å². The zero-order valence-corrected chi connectivity index (χ0v) is 20.1. The van der Waals surface area contributed by atoms with Crippen molar-refractivity contribution < 1.29 is 13.5 Å². The van der Waals surface area contributed by atoms with Crippen LogP contribution in [-0.2, 0) is 22.2 Å². The Kier molecular flexibility index (Phi) is 9.84. The first-order valence-electron chi connectivity index (χ1n) is 8.59. The summed E-state index contributed by atoms with van der Waals surface area (Å²) in [5.74, 6) is 0.584. The number of rotatable bonds is 8. The van der Waals surface area contributed by atoms with Gasteiger partial charge in [-0.05, 0) is 50.0 Å². The Balaban J connectivity index is 0.00000392. The number of benzene rings is 1. The number of sulfonamides is 1. The summed E-state index contributed by atoms with van der Waals surface area (Å²) < 4.78 is 25.8. The van der Waals surface area contributed by atoms with Crippen molar-refractivity contribution in [1.82, 2.24) is 15.4 Å². The predicted molar refractivity (Wildman–Crippen MR) is 125 cm³/mol. The highest BCUT2D eigenvalue weighted by Crippen LogP contribution is 2.24. The van der Waals surface area contributed by atoms with Gasteiger partial charge in [-0.15, -0.1) is 35.3 Å². The minimum Gasteiger partial charge on any atom is -0.383 e. The Morgan fingerprint density at radius 3 is 2.43 bits per heavy atom. The molecule has 4 N–H and O–H groups in total. The lowest BCUT2D eigenvalue weighted by Crippen LogP contribution is -2.44. The van der Waals surface area contributed by atoms with Gasteiger partial charge < -0.3 is 15.7 Å². The van der Waals surface area contributed by atoms with Crippen LogP contribution in [0, 0.1) is 0 Å². The van der Waals surface area contributed by atoms with Crippen molar-refractivity contribution in [1.29, 1.82) is 0 Å². The molecule has 0 bridgehead atoms.